The Balaban J connectivity index is 1.81. The molecule has 3 amide bonds. The smallest absolute Gasteiger partial charge is 0.315 e. The first-order chi connectivity index (χ1) is 12.8. The number of morpholine rings is 1. The second-order valence-corrected chi connectivity index (χ2v) is 7.77. The van der Waals surface area contributed by atoms with E-state index in [0.29, 0.717) is 18.7 Å². The molecule has 0 atom stereocenters. The summed E-state index contributed by atoms with van der Waals surface area (Å²) in [6, 6.07) is 7.19. The lowest BCUT2D eigenvalue weighted by molar-refractivity contribution is -0.00923. The van der Waals surface area contributed by atoms with Gasteiger partial charge in [0.15, 0.2) is 0 Å². The first-order valence-electron chi connectivity index (χ1n) is 9.52. The molecular formula is C20H32N4O3. The van der Waals surface area contributed by atoms with E-state index >= 15 is 0 Å². The Bertz CT molecular complexity index is 623. The quantitative estimate of drug-likeness (QED) is 0.677. The van der Waals surface area contributed by atoms with Crippen LogP contribution in [0.1, 0.15) is 43.6 Å². The van der Waals surface area contributed by atoms with Crippen molar-refractivity contribution in [3.8, 4) is 0 Å². The number of hydrogen-bond acceptors (Lipinski definition) is 4. The maximum Gasteiger partial charge on any atom is 0.315 e. The van der Waals surface area contributed by atoms with Crippen molar-refractivity contribution in [2.24, 2.45) is 0 Å². The first-order valence-corrected chi connectivity index (χ1v) is 9.52. The molecule has 1 aliphatic heterocycles. The van der Waals surface area contributed by atoms with Gasteiger partial charge in [-0.1, -0.05) is 12.1 Å². The van der Waals surface area contributed by atoms with Crippen LogP contribution >= 0.6 is 0 Å². The van der Waals surface area contributed by atoms with Crippen LogP contribution in [0.2, 0.25) is 0 Å². The van der Waals surface area contributed by atoms with Gasteiger partial charge in [-0.3, -0.25) is 9.69 Å². The third kappa shape index (κ3) is 6.84. The highest BCUT2D eigenvalue weighted by molar-refractivity contribution is 5.94. The van der Waals surface area contributed by atoms with E-state index in [-0.39, 0.29) is 23.5 Å². The molecule has 27 heavy (non-hydrogen) atoms. The van der Waals surface area contributed by atoms with Gasteiger partial charge in [-0.2, -0.15) is 0 Å². The van der Waals surface area contributed by atoms with E-state index in [0.717, 1.165) is 31.9 Å². The SMILES string of the molecule is CC(C)NC(=O)NCc1ccc(C(=O)NCC(C)(C)N2CCOCC2)cc1. The van der Waals surface area contributed by atoms with Gasteiger partial charge in [0.2, 0.25) is 0 Å². The van der Waals surface area contributed by atoms with Crippen molar-refractivity contribution in [3.63, 3.8) is 0 Å². The van der Waals surface area contributed by atoms with Crippen LogP contribution in [0, 0.1) is 0 Å². The van der Waals surface area contributed by atoms with E-state index < -0.39 is 0 Å². The van der Waals surface area contributed by atoms with Crippen molar-refractivity contribution in [2.75, 3.05) is 32.8 Å². The number of ether oxygens (including phenoxy) is 1. The Kier molecular flexibility index (Phi) is 7.62. The molecule has 1 saturated heterocycles. The van der Waals surface area contributed by atoms with E-state index in [1.807, 2.05) is 26.0 Å². The Labute approximate surface area is 161 Å². The van der Waals surface area contributed by atoms with Crippen molar-refractivity contribution in [2.45, 2.75) is 45.8 Å². The van der Waals surface area contributed by atoms with Crippen LogP contribution in [0.15, 0.2) is 24.3 Å². The van der Waals surface area contributed by atoms with Gasteiger partial charge in [-0.15, -0.1) is 0 Å². The van der Waals surface area contributed by atoms with Crippen molar-refractivity contribution in [3.05, 3.63) is 35.4 Å². The molecule has 0 aliphatic carbocycles. The zero-order valence-corrected chi connectivity index (χ0v) is 16.8. The number of nitrogens with zero attached hydrogens (tertiary/aromatic N) is 1. The minimum absolute atomic E-state index is 0.0894. The highest BCUT2D eigenvalue weighted by Crippen LogP contribution is 2.15. The lowest BCUT2D eigenvalue weighted by atomic mass is 10.0. The standard InChI is InChI=1S/C20H32N4O3/c1-15(2)23-19(26)21-13-16-5-7-17(8-6-16)18(25)22-14-20(3,4)24-9-11-27-12-10-24/h5-8,15H,9-14H2,1-4H3,(H,22,25)(H2,21,23,26). The summed E-state index contributed by atoms with van der Waals surface area (Å²) in [4.78, 5) is 26.4. The first kappa shape index (κ1) is 21.2. The fraction of sp³-hybridized carbons (Fsp3) is 0.600. The van der Waals surface area contributed by atoms with Crippen LogP contribution in [-0.2, 0) is 11.3 Å². The Morgan fingerprint density at radius 2 is 1.74 bits per heavy atom. The predicted molar refractivity (Wildman–Crippen MR) is 106 cm³/mol. The minimum Gasteiger partial charge on any atom is -0.379 e. The third-order valence-electron chi connectivity index (χ3n) is 4.64. The average Bonchev–Trinajstić information content (AvgIpc) is 2.65. The lowest BCUT2D eigenvalue weighted by Gasteiger charge is -2.40. The Morgan fingerprint density at radius 3 is 2.33 bits per heavy atom. The van der Waals surface area contributed by atoms with Gasteiger partial charge in [-0.25, -0.2) is 4.79 Å². The molecule has 3 N–H and O–H groups in total. The molecule has 2 rings (SSSR count). The summed E-state index contributed by atoms with van der Waals surface area (Å²) < 4.78 is 5.40. The molecular weight excluding hydrogens is 344 g/mol. The molecule has 7 heteroatoms. The molecule has 1 aromatic carbocycles. The molecule has 0 spiro atoms. The summed E-state index contributed by atoms with van der Waals surface area (Å²) in [6.45, 7) is 12.3. The van der Waals surface area contributed by atoms with Crippen molar-refractivity contribution >= 4 is 11.9 Å². The molecule has 1 heterocycles. The Morgan fingerprint density at radius 1 is 1.11 bits per heavy atom. The number of nitrogens with one attached hydrogen (secondary N) is 3. The second-order valence-electron chi connectivity index (χ2n) is 7.77. The lowest BCUT2D eigenvalue weighted by Crippen LogP contribution is -2.55. The normalized spacial score (nSPS) is 15.4. The minimum atomic E-state index is -0.197. The highest BCUT2D eigenvalue weighted by Gasteiger charge is 2.28. The summed E-state index contributed by atoms with van der Waals surface area (Å²) in [5, 5.41) is 8.60. The van der Waals surface area contributed by atoms with E-state index in [1.165, 1.54) is 0 Å². The molecule has 1 aromatic rings. The van der Waals surface area contributed by atoms with E-state index in [2.05, 4.69) is 34.7 Å². The van der Waals surface area contributed by atoms with Crippen LogP contribution in [-0.4, -0.2) is 61.3 Å². The van der Waals surface area contributed by atoms with Crippen molar-refractivity contribution in [1.29, 1.82) is 0 Å². The van der Waals surface area contributed by atoms with E-state index in [1.54, 1.807) is 12.1 Å². The summed E-state index contributed by atoms with van der Waals surface area (Å²) in [5.41, 5.74) is 1.44. The summed E-state index contributed by atoms with van der Waals surface area (Å²) in [5.74, 6) is -0.0894. The molecule has 0 radical (unpaired) electrons. The van der Waals surface area contributed by atoms with Gasteiger partial charge in [0.25, 0.3) is 5.91 Å². The number of carbonyl (C=O) groups is 2. The van der Waals surface area contributed by atoms with Gasteiger partial charge in [-0.05, 0) is 45.4 Å². The second kappa shape index (κ2) is 9.71. The van der Waals surface area contributed by atoms with Crippen LogP contribution in [0.4, 0.5) is 4.79 Å². The predicted octanol–water partition coefficient (Wildman–Crippen LogP) is 1.73. The van der Waals surface area contributed by atoms with Crippen molar-refractivity contribution in [1.82, 2.24) is 20.9 Å². The van der Waals surface area contributed by atoms with E-state index in [4.69, 9.17) is 4.74 Å². The van der Waals surface area contributed by atoms with Gasteiger partial charge in [0, 0.05) is 43.3 Å². The van der Waals surface area contributed by atoms with Crippen LogP contribution in [0.3, 0.4) is 0 Å². The number of benzene rings is 1. The molecule has 1 fully saturated rings. The monoisotopic (exact) mass is 376 g/mol. The summed E-state index contributed by atoms with van der Waals surface area (Å²) >= 11 is 0. The maximum atomic E-state index is 12.4. The molecule has 150 valence electrons. The fourth-order valence-corrected chi connectivity index (χ4v) is 2.95. The highest BCUT2D eigenvalue weighted by atomic mass is 16.5. The van der Waals surface area contributed by atoms with Crippen LogP contribution < -0.4 is 16.0 Å². The molecule has 0 unspecified atom stereocenters. The number of rotatable bonds is 7. The maximum absolute atomic E-state index is 12.4. The van der Waals surface area contributed by atoms with Gasteiger partial charge in [0.1, 0.15) is 0 Å². The molecule has 0 saturated carbocycles. The number of amides is 3. The largest absolute Gasteiger partial charge is 0.379 e. The van der Waals surface area contributed by atoms with Crippen molar-refractivity contribution < 1.29 is 14.3 Å². The fourth-order valence-electron chi connectivity index (χ4n) is 2.95. The summed E-state index contributed by atoms with van der Waals surface area (Å²) in [6.07, 6.45) is 0. The number of urea groups is 1. The summed E-state index contributed by atoms with van der Waals surface area (Å²) in [7, 11) is 0. The topological polar surface area (TPSA) is 82.7 Å². The molecule has 7 nitrogen and oxygen atoms in total. The van der Waals surface area contributed by atoms with Crippen LogP contribution in [0.25, 0.3) is 0 Å². The van der Waals surface area contributed by atoms with Gasteiger partial charge >= 0.3 is 6.03 Å². The molecule has 0 aromatic heterocycles. The molecule has 1 aliphatic rings. The van der Waals surface area contributed by atoms with Gasteiger partial charge in [0.05, 0.1) is 13.2 Å². The third-order valence-corrected chi connectivity index (χ3v) is 4.64. The zero-order valence-electron chi connectivity index (χ0n) is 16.8. The molecule has 0 bridgehead atoms. The van der Waals surface area contributed by atoms with E-state index in [9.17, 15) is 9.59 Å². The number of hydrogen-bond donors (Lipinski definition) is 3. The van der Waals surface area contributed by atoms with Gasteiger partial charge < -0.3 is 20.7 Å². The zero-order chi connectivity index (χ0) is 19.9. The average molecular weight is 377 g/mol. The Hall–Kier alpha value is -2.12. The van der Waals surface area contributed by atoms with Crippen LogP contribution in [0.5, 0.6) is 0 Å². The number of carbonyl (C=O) groups excluding carboxylic acids is 2.